The second-order valence-corrected chi connectivity index (χ2v) is 9.74. The standard InChI is InChI=1S/C28H34N2O3/c1-2-13-29(22-10-11-23-21(16-22)6-5-8-27(23)32)17-20-12-14-30(19-31)26(15-20)25-18-33-28-9-4-3-7-24(25)28/h3-9,18-20,22,26,32H,2,10-17H2,1H3. The van der Waals surface area contributed by atoms with Crippen molar-refractivity contribution in [3.05, 3.63) is 65.4 Å². The number of aromatic hydroxyl groups is 1. The van der Waals surface area contributed by atoms with Gasteiger partial charge in [0.2, 0.25) is 6.41 Å². The minimum absolute atomic E-state index is 0.0670. The van der Waals surface area contributed by atoms with Crippen LogP contribution in [0.5, 0.6) is 5.75 Å². The first-order chi connectivity index (χ1) is 16.2. The number of rotatable bonds is 7. The largest absolute Gasteiger partial charge is 0.508 e. The molecular formula is C28H34N2O3. The van der Waals surface area contributed by atoms with E-state index < -0.39 is 0 Å². The Labute approximate surface area is 196 Å². The first kappa shape index (κ1) is 22.0. The van der Waals surface area contributed by atoms with Crippen LogP contribution in [0.25, 0.3) is 11.0 Å². The summed E-state index contributed by atoms with van der Waals surface area (Å²) in [4.78, 5) is 16.5. The number of para-hydroxylation sites is 1. The number of nitrogens with zero attached hydrogens (tertiary/aromatic N) is 2. The molecule has 1 aliphatic heterocycles. The zero-order valence-electron chi connectivity index (χ0n) is 19.5. The topological polar surface area (TPSA) is 56.9 Å². The fourth-order valence-electron chi connectivity index (χ4n) is 6.03. The van der Waals surface area contributed by atoms with Crippen LogP contribution in [-0.4, -0.2) is 47.0 Å². The molecule has 0 saturated carbocycles. The molecule has 2 heterocycles. The number of phenols is 1. The number of carbonyl (C=O) groups is 1. The minimum atomic E-state index is 0.0670. The van der Waals surface area contributed by atoms with Gasteiger partial charge in [-0.1, -0.05) is 37.3 Å². The molecule has 0 bridgehead atoms. The van der Waals surface area contributed by atoms with E-state index in [1.54, 1.807) is 0 Å². The average molecular weight is 447 g/mol. The van der Waals surface area contributed by atoms with E-state index in [9.17, 15) is 9.90 Å². The van der Waals surface area contributed by atoms with Crippen LogP contribution in [0, 0.1) is 5.92 Å². The van der Waals surface area contributed by atoms with Crippen molar-refractivity contribution in [3.8, 4) is 5.75 Å². The van der Waals surface area contributed by atoms with Gasteiger partial charge in [0.15, 0.2) is 0 Å². The maximum absolute atomic E-state index is 11.9. The highest BCUT2D eigenvalue weighted by Crippen LogP contribution is 2.39. The van der Waals surface area contributed by atoms with Crippen molar-refractivity contribution in [1.82, 2.24) is 9.80 Å². The Kier molecular flexibility index (Phi) is 6.41. The summed E-state index contributed by atoms with van der Waals surface area (Å²) in [7, 11) is 0. The summed E-state index contributed by atoms with van der Waals surface area (Å²) in [5.74, 6) is 0.987. The van der Waals surface area contributed by atoms with Gasteiger partial charge >= 0.3 is 0 Å². The van der Waals surface area contributed by atoms with Crippen LogP contribution in [0.15, 0.2) is 53.1 Å². The van der Waals surface area contributed by atoms with Crippen molar-refractivity contribution in [2.45, 2.75) is 57.5 Å². The predicted octanol–water partition coefficient (Wildman–Crippen LogP) is 5.32. The van der Waals surface area contributed by atoms with Gasteiger partial charge in [-0.05, 0) is 74.2 Å². The smallest absolute Gasteiger partial charge is 0.210 e. The average Bonchev–Trinajstić information content (AvgIpc) is 3.28. The van der Waals surface area contributed by atoms with Crippen LogP contribution in [0.1, 0.15) is 55.3 Å². The number of fused-ring (bicyclic) bond motifs is 2. The molecule has 0 radical (unpaired) electrons. The van der Waals surface area contributed by atoms with Crippen LogP contribution in [-0.2, 0) is 17.6 Å². The van der Waals surface area contributed by atoms with Crippen molar-refractivity contribution in [3.63, 3.8) is 0 Å². The van der Waals surface area contributed by atoms with Gasteiger partial charge in [-0.2, -0.15) is 0 Å². The van der Waals surface area contributed by atoms with Crippen molar-refractivity contribution < 1.29 is 14.3 Å². The molecule has 1 aliphatic carbocycles. The molecule has 1 amide bonds. The number of hydrogen-bond donors (Lipinski definition) is 1. The van der Waals surface area contributed by atoms with E-state index in [4.69, 9.17) is 4.42 Å². The van der Waals surface area contributed by atoms with Crippen molar-refractivity contribution in [1.29, 1.82) is 0 Å². The van der Waals surface area contributed by atoms with Gasteiger partial charge in [-0.25, -0.2) is 0 Å². The van der Waals surface area contributed by atoms with Gasteiger partial charge in [0.05, 0.1) is 12.3 Å². The lowest BCUT2D eigenvalue weighted by Crippen LogP contribution is -2.45. The number of furan rings is 1. The minimum Gasteiger partial charge on any atom is -0.508 e. The van der Waals surface area contributed by atoms with Crippen molar-refractivity contribution >= 4 is 17.4 Å². The highest BCUT2D eigenvalue weighted by atomic mass is 16.3. The van der Waals surface area contributed by atoms with Gasteiger partial charge < -0.3 is 14.4 Å². The Bertz CT molecular complexity index is 1110. The van der Waals surface area contributed by atoms with E-state index in [0.29, 0.717) is 17.7 Å². The van der Waals surface area contributed by atoms with Crippen LogP contribution >= 0.6 is 0 Å². The quantitative estimate of drug-likeness (QED) is 0.499. The second-order valence-electron chi connectivity index (χ2n) is 9.74. The molecule has 3 atom stereocenters. The van der Waals surface area contributed by atoms with Gasteiger partial charge in [-0.15, -0.1) is 0 Å². The number of benzene rings is 2. The first-order valence-corrected chi connectivity index (χ1v) is 12.4. The Morgan fingerprint density at radius 1 is 1.18 bits per heavy atom. The Hall–Kier alpha value is -2.79. The number of carbonyl (C=O) groups excluding carboxylic acids is 1. The monoisotopic (exact) mass is 446 g/mol. The summed E-state index contributed by atoms with van der Waals surface area (Å²) < 4.78 is 5.81. The van der Waals surface area contributed by atoms with Crippen molar-refractivity contribution in [2.75, 3.05) is 19.6 Å². The third kappa shape index (κ3) is 4.39. The zero-order valence-corrected chi connectivity index (χ0v) is 19.5. The van der Waals surface area contributed by atoms with E-state index in [-0.39, 0.29) is 6.04 Å². The SMILES string of the molecule is CCCN(CC1CCN(C=O)C(c2coc3ccccc23)C1)C1CCc2c(O)cccc2C1. The molecule has 2 aliphatic rings. The summed E-state index contributed by atoms with van der Waals surface area (Å²) in [5.41, 5.74) is 4.45. The molecule has 1 fully saturated rings. The van der Waals surface area contributed by atoms with Gasteiger partial charge in [0.25, 0.3) is 0 Å². The lowest BCUT2D eigenvalue weighted by atomic mass is 9.84. The molecule has 5 heteroatoms. The van der Waals surface area contributed by atoms with E-state index in [2.05, 4.69) is 24.0 Å². The van der Waals surface area contributed by atoms with Crippen LogP contribution < -0.4 is 0 Å². The highest BCUT2D eigenvalue weighted by Gasteiger charge is 2.33. The predicted molar refractivity (Wildman–Crippen MR) is 130 cm³/mol. The molecule has 1 saturated heterocycles. The molecule has 3 unspecified atom stereocenters. The third-order valence-electron chi connectivity index (χ3n) is 7.71. The van der Waals surface area contributed by atoms with E-state index in [0.717, 1.165) is 86.7 Å². The molecular weight excluding hydrogens is 412 g/mol. The number of likely N-dealkylation sites (tertiary alicyclic amines) is 1. The molecule has 1 aromatic heterocycles. The van der Waals surface area contributed by atoms with Crippen LogP contribution in [0.2, 0.25) is 0 Å². The molecule has 33 heavy (non-hydrogen) atoms. The fraction of sp³-hybridized carbons (Fsp3) is 0.464. The second kappa shape index (κ2) is 9.60. The summed E-state index contributed by atoms with van der Waals surface area (Å²) in [5, 5.41) is 11.3. The van der Waals surface area contributed by atoms with Gasteiger partial charge in [-0.3, -0.25) is 9.69 Å². The fourth-order valence-corrected chi connectivity index (χ4v) is 6.03. The Morgan fingerprint density at radius 2 is 2.06 bits per heavy atom. The van der Waals surface area contributed by atoms with Crippen molar-refractivity contribution in [2.24, 2.45) is 5.92 Å². The number of hydrogen-bond acceptors (Lipinski definition) is 4. The molecule has 2 aromatic carbocycles. The first-order valence-electron chi connectivity index (χ1n) is 12.4. The Morgan fingerprint density at radius 3 is 2.91 bits per heavy atom. The molecule has 5 nitrogen and oxygen atoms in total. The lowest BCUT2D eigenvalue weighted by molar-refractivity contribution is -0.122. The zero-order chi connectivity index (χ0) is 22.8. The maximum atomic E-state index is 11.9. The number of phenolic OH excluding ortho intramolecular Hbond substituents is 1. The normalized spacial score (nSPS) is 23.1. The summed E-state index contributed by atoms with van der Waals surface area (Å²) >= 11 is 0. The molecule has 5 rings (SSSR count). The molecule has 174 valence electrons. The molecule has 1 N–H and O–H groups in total. The summed E-state index contributed by atoms with van der Waals surface area (Å²) in [6, 6.07) is 14.6. The van der Waals surface area contributed by atoms with Crippen LogP contribution in [0.4, 0.5) is 0 Å². The van der Waals surface area contributed by atoms with Gasteiger partial charge in [0, 0.05) is 30.1 Å². The molecule has 0 spiro atoms. The Balaban J connectivity index is 1.33. The molecule has 3 aromatic rings. The van der Waals surface area contributed by atoms with E-state index in [1.165, 1.54) is 5.56 Å². The van der Waals surface area contributed by atoms with E-state index in [1.807, 2.05) is 41.5 Å². The third-order valence-corrected chi connectivity index (χ3v) is 7.71. The van der Waals surface area contributed by atoms with Gasteiger partial charge in [0.1, 0.15) is 11.3 Å². The summed E-state index contributed by atoms with van der Waals surface area (Å²) in [6.07, 6.45) is 9.04. The highest BCUT2D eigenvalue weighted by molar-refractivity contribution is 5.81. The summed E-state index contributed by atoms with van der Waals surface area (Å²) in [6.45, 7) is 5.20. The maximum Gasteiger partial charge on any atom is 0.210 e. The van der Waals surface area contributed by atoms with Crippen LogP contribution in [0.3, 0.4) is 0 Å². The lowest BCUT2D eigenvalue weighted by Gasteiger charge is -2.42. The number of piperidine rings is 1. The number of amides is 1. The van der Waals surface area contributed by atoms with E-state index >= 15 is 0 Å².